The first-order chi connectivity index (χ1) is 8.02. The molecule has 0 bridgehead atoms. The lowest BCUT2D eigenvalue weighted by Crippen LogP contribution is -2.19. The highest BCUT2D eigenvalue weighted by Crippen LogP contribution is 2.23. The van der Waals surface area contributed by atoms with E-state index in [0.29, 0.717) is 5.69 Å². The molecule has 0 atom stereocenters. The van der Waals surface area contributed by atoms with Gasteiger partial charge in [-0.1, -0.05) is 6.07 Å². The molecule has 5 heteroatoms. The molecule has 0 spiro atoms. The Balaban J connectivity index is 3.45. The van der Waals surface area contributed by atoms with Gasteiger partial charge in [0.05, 0.1) is 31.0 Å². The van der Waals surface area contributed by atoms with Crippen LogP contribution in [-0.4, -0.2) is 40.3 Å². The molecule has 0 unspecified atom stereocenters. The fourth-order valence-electron chi connectivity index (χ4n) is 1.51. The molecule has 92 valence electrons. The van der Waals surface area contributed by atoms with E-state index in [-0.39, 0.29) is 11.1 Å². The Morgan fingerprint density at radius 3 is 2.12 bits per heavy atom. The summed E-state index contributed by atoms with van der Waals surface area (Å²) in [6.45, 7) is 0. The number of methoxy groups -OCH3 is 2. The van der Waals surface area contributed by atoms with Crippen LogP contribution in [-0.2, 0) is 9.47 Å². The molecular formula is C12H15NO4. The molecule has 0 amide bonds. The summed E-state index contributed by atoms with van der Waals surface area (Å²) in [4.78, 5) is 25.0. The third-order valence-electron chi connectivity index (χ3n) is 2.32. The number of ether oxygens (including phenoxy) is 2. The zero-order valence-electron chi connectivity index (χ0n) is 10.3. The first-order valence-electron chi connectivity index (χ1n) is 5.00. The van der Waals surface area contributed by atoms with Crippen LogP contribution in [0.5, 0.6) is 0 Å². The molecule has 0 aliphatic heterocycles. The Bertz CT molecular complexity index is 440. The van der Waals surface area contributed by atoms with Crippen molar-refractivity contribution in [3.8, 4) is 0 Å². The van der Waals surface area contributed by atoms with Crippen molar-refractivity contribution in [2.45, 2.75) is 0 Å². The number of hydrogen-bond acceptors (Lipinski definition) is 5. The maximum atomic E-state index is 11.7. The molecule has 0 radical (unpaired) electrons. The van der Waals surface area contributed by atoms with E-state index in [1.807, 2.05) is 0 Å². The number of nitrogens with zero attached hydrogens (tertiary/aromatic N) is 1. The SMILES string of the molecule is COC(=O)c1cccc(N(C)C)c1C(=O)OC. The summed E-state index contributed by atoms with van der Waals surface area (Å²) in [5, 5.41) is 0. The van der Waals surface area contributed by atoms with Gasteiger partial charge in [0, 0.05) is 14.1 Å². The number of esters is 2. The van der Waals surface area contributed by atoms with Crippen LogP contribution in [0, 0.1) is 0 Å². The largest absolute Gasteiger partial charge is 0.465 e. The molecule has 0 aliphatic carbocycles. The standard InChI is InChI=1S/C12H15NO4/c1-13(2)9-7-5-6-8(11(14)16-3)10(9)12(15)17-4/h5-7H,1-4H3. The van der Waals surface area contributed by atoms with Gasteiger partial charge in [-0.3, -0.25) is 0 Å². The Hall–Kier alpha value is -2.04. The molecule has 0 heterocycles. The summed E-state index contributed by atoms with van der Waals surface area (Å²) in [7, 11) is 6.10. The normalized spacial score (nSPS) is 9.65. The summed E-state index contributed by atoms with van der Waals surface area (Å²) in [5.74, 6) is -1.12. The van der Waals surface area contributed by atoms with Crippen molar-refractivity contribution in [3.63, 3.8) is 0 Å². The van der Waals surface area contributed by atoms with E-state index in [9.17, 15) is 9.59 Å². The number of carbonyl (C=O) groups is 2. The molecule has 1 aromatic carbocycles. The third kappa shape index (κ3) is 2.55. The van der Waals surface area contributed by atoms with Gasteiger partial charge in [0.1, 0.15) is 0 Å². The van der Waals surface area contributed by atoms with Crippen molar-refractivity contribution in [3.05, 3.63) is 29.3 Å². The lowest BCUT2D eigenvalue weighted by molar-refractivity contribution is 0.0556. The second kappa shape index (κ2) is 5.34. The Morgan fingerprint density at radius 1 is 1.06 bits per heavy atom. The van der Waals surface area contributed by atoms with Gasteiger partial charge >= 0.3 is 11.9 Å². The molecular weight excluding hydrogens is 222 g/mol. The van der Waals surface area contributed by atoms with Crippen molar-refractivity contribution in [2.75, 3.05) is 33.2 Å². The first kappa shape index (κ1) is 13.0. The summed E-state index contributed by atoms with van der Waals surface area (Å²) in [6.07, 6.45) is 0. The van der Waals surface area contributed by atoms with Gasteiger partial charge in [0.15, 0.2) is 0 Å². The van der Waals surface area contributed by atoms with Crippen LogP contribution < -0.4 is 4.90 Å². The minimum Gasteiger partial charge on any atom is -0.465 e. The monoisotopic (exact) mass is 237 g/mol. The smallest absolute Gasteiger partial charge is 0.340 e. The van der Waals surface area contributed by atoms with Crippen LogP contribution >= 0.6 is 0 Å². The Kier molecular flexibility index (Phi) is 4.09. The maximum Gasteiger partial charge on any atom is 0.340 e. The van der Waals surface area contributed by atoms with Gasteiger partial charge in [-0.15, -0.1) is 0 Å². The fourth-order valence-corrected chi connectivity index (χ4v) is 1.51. The van der Waals surface area contributed by atoms with Crippen LogP contribution in [0.1, 0.15) is 20.7 Å². The third-order valence-corrected chi connectivity index (χ3v) is 2.32. The van der Waals surface area contributed by atoms with Crippen LogP contribution in [0.3, 0.4) is 0 Å². The predicted octanol–water partition coefficient (Wildman–Crippen LogP) is 1.33. The topological polar surface area (TPSA) is 55.8 Å². The van der Waals surface area contributed by atoms with Gasteiger partial charge in [-0.25, -0.2) is 9.59 Å². The minimum absolute atomic E-state index is 0.200. The van der Waals surface area contributed by atoms with Crippen LogP contribution in [0.15, 0.2) is 18.2 Å². The van der Waals surface area contributed by atoms with Crippen molar-refractivity contribution < 1.29 is 19.1 Å². The molecule has 1 aromatic rings. The second-order valence-corrected chi connectivity index (χ2v) is 3.58. The summed E-state index contributed by atoms with van der Waals surface area (Å²) in [5.41, 5.74) is 1.03. The lowest BCUT2D eigenvalue weighted by Gasteiger charge is -2.18. The highest BCUT2D eigenvalue weighted by molar-refractivity contribution is 6.07. The van der Waals surface area contributed by atoms with E-state index in [1.165, 1.54) is 20.3 Å². The Morgan fingerprint density at radius 2 is 1.65 bits per heavy atom. The number of benzene rings is 1. The number of anilines is 1. The molecule has 0 aromatic heterocycles. The van der Waals surface area contributed by atoms with Crippen LogP contribution in [0.4, 0.5) is 5.69 Å². The summed E-state index contributed by atoms with van der Waals surface area (Å²) >= 11 is 0. The summed E-state index contributed by atoms with van der Waals surface area (Å²) < 4.78 is 9.33. The zero-order valence-corrected chi connectivity index (χ0v) is 10.3. The predicted molar refractivity (Wildman–Crippen MR) is 63.4 cm³/mol. The highest BCUT2D eigenvalue weighted by atomic mass is 16.5. The van der Waals surface area contributed by atoms with Crippen LogP contribution in [0.2, 0.25) is 0 Å². The quantitative estimate of drug-likeness (QED) is 0.742. The van der Waals surface area contributed by atoms with Crippen molar-refractivity contribution >= 4 is 17.6 Å². The fraction of sp³-hybridized carbons (Fsp3) is 0.333. The average Bonchev–Trinajstić information content (AvgIpc) is 2.35. The van der Waals surface area contributed by atoms with E-state index in [4.69, 9.17) is 0 Å². The molecule has 0 fully saturated rings. The maximum absolute atomic E-state index is 11.7. The first-order valence-corrected chi connectivity index (χ1v) is 5.00. The average molecular weight is 237 g/mol. The number of hydrogen-bond donors (Lipinski definition) is 0. The van der Waals surface area contributed by atoms with E-state index >= 15 is 0 Å². The summed E-state index contributed by atoms with van der Waals surface area (Å²) in [6, 6.07) is 4.96. The van der Waals surface area contributed by atoms with E-state index in [0.717, 1.165) is 0 Å². The zero-order chi connectivity index (χ0) is 13.0. The second-order valence-electron chi connectivity index (χ2n) is 3.58. The van der Waals surface area contributed by atoms with E-state index in [1.54, 1.807) is 31.1 Å². The van der Waals surface area contributed by atoms with E-state index in [2.05, 4.69) is 9.47 Å². The number of rotatable bonds is 3. The molecule has 0 N–H and O–H groups in total. The molecule has 0 aliphatic rings. The van der Waals surface area contributed by atoms with Gasteiger partial charge in [-0.05, 0) is 12.1 Å². The molecule has 5 nitrogen and oxygen atoms in total. The molecule has 0 saturated carbocycles. The van der Waals surface area contributed by atoms with Gasteiger partial charge in [0.2, 0.25) is 0 Å². The van der Waals surface area contributed by atoms with Crippen LogP contribution in [0.25, 0.3) is 0 Å². The molecule has 1 rings (SSSR count). The molecule has 17 heavy (non-hydrogen) atoms. The van der Waals surface area contributed by atoms with Gasteiger partial charge in [0.25, 0.3) is 0 Å². The lowest BCUT2D eigenvalue weighted by atomic mass is 10.0. The van der Waals surface area contributed by atoms with Crippen molar-refractivity contribution in [2.24, 2.45) is 0 Å². The van der Waals surface area contributed by atoms with Gasteiger partial charge < -0.3 is 14.4 Å². The van der Waals surface area contributed by atoms with Crippen molar-refractivity contribution in [1.29, 1.82) is 0 Å². The van der Waals surface area contributed by atoms with E-state index < -0.39 is 11.9 Å². The van der Waals surface area contributed by atoms with Gasteiger partial charge in [-0.2, -0.15) is 0 Å². The highest BCUT2D eigenvalue weighted by Gasteiger charge is 2.22. The van der Waals surface area contributed by atoms with Crippen molar-refractivity contribution in [1.82, 2.24) is 0 Å². The number of carbonyl (C=O) groups excluding carboxylic acids is 2. The molecule has 0 saturated heterocycles. The minimum atomic E-state index is -0.561. The Labute approximate surface area is 99.9 Å².